The van der Waals surface area contributed by atoms with Crippen LogP contribution in [0.4, 0.5) is 11.4 Å². The van der Waals surface area contributed by atoms with E-state index >= 15 is 0 Å². The molecule has 0 atom stereocenters. The van der Waals surface area contributed by atoms with Gasteiger partial charge in [0.2, 0.25) is 0 Å². The van der Waals surface area contributed by atoms with E-state index in [-0.39, 0.29) is 5.41 Å². The second kappa shape index (κ2) is 7.79. The van der Waals surface area contributed by atoms with E-state index in [1.54, 1.807) is 11.8 Å². The van der Waals surface area contributed by atoms with Crippen LogP contribution in [0.2, 0.25) is 0 Å². The third kappa shape index (κ3) is 3.19. The van der Waals surface area contributed by atoms with Gasteiger partial charge in [0.25, 0.3) is 0 Å². The molecular formula is C32H23NOS. The van der Waals surface area contributed by atoms with Crippen LogP contribution in [0.1, 0.15) is 23.6 Å². The lowest BCUT2D eigenvalue weighted by Gasteiger charge is -2.29. The molecule has 0 spiro atoms. The maximum Gasteiger partial charge on any atom is 0.141 e. The summed E-state index contributed by atoms with van der Waals surface area (Å²) in [5.41, 5.74) is 8.59. The lowest BCUT2D eigenvalue weighted by atomic mass is 9.74. The summed E-state index contributed by atoms with van der Waals surface area (Å²) in [6.07, 6.45) is 0. The van der Waals surface area contributed by atoms with E-state index in [0.717, 1.165) is 32.7 Å². The minimum absolute atomic E-state index is 0.200. The highest BCUT2D eigenvalue weighted by atomic mass is 32.2. The monoisotopic (exact) mass is 469 g/mol. The van der Waals surface area contributed by atoms with Gasteiger partial charge in [-0.1, -0.05) is 84.6 Å². The highest BCUT2D eigenvalue weighted by molar-refractivity contribution is 7.99. The minimum Gasteiger partial charge on any atom is -0.455 e. The SMILES string of the molecule is CC1(c2cccc(Nc3ccc4c(c3)Sc3ccccc3O4)c2)c2ccccc2-c2ccccc21. The fourth-order valence-electron chi connectivity index (χ4n) is 5.44. The zero-order valence-electron chi connectivity index (χ0n) is 19.3. The molecule has 1 N–H and O–H groups in total. The number of para-hydroxylation sites is 1. The van der Waals surface area contributed by atoms with Gasteiger partial charge in [0.1, 0.15) is 11.5 Å². The molecule has 0 saturated carbocycles. The predicted molar refractivity (Wildman–Crippen MR) is 144 cm³/mol. The van der Waals surface area contributed by atoms with Crippen LogP contribution in [0.3, 0.4) is 0 Å². The largest absolute Gasteiger partial charge is 0.455 e. The van der Waals surface area contributed by atoms with Crippen LogP contribution in [0.25, 0.3) is 11.1 Å². The van der Waals surface area contributed by atoms with Crippen LogP contribution in [0.5, 0.6) is 11.5 Å². The van der Waals surface area contributed by atoms with E-state index in [4.69, 9.17) is 4.74 Å². The van der Waals surface area contributed by atoms with E-state index in [2.05, 4.69) is 109 Å². The van der Waals surface area contributed by atoms with Gasteiger partial charge in [-0.05, 0) is 77.2 Å². The first kappa shape index (κ1) is 20.4. The van der Waals surface area contributed by atoms with Crippen molar-refractivity contribution in [1.82, 2.24) is 0 Å². The summed E-state index contributed by atoms with van der Waals surface area (Å²) in [7, 11) is 0. The standard InChI is InChI=1S/C32H23NOS/c1-32(26-13-4-2-11-24(26)25-12-3-5-14-27(25)32)21-9-8-10-22(19-21)33-23-17-18-29-31(20-23)35-30-16-7-6-15-28(30)34-29/h2-20,33H,1H3. The highest BCUT2D eigenvalue weighted by Gasteiger charge is 2.40. The molecule has 168 valence electrons. The van der Waals surface area contributed by atoms with E-state index in [9.17, 15) is 0 Å². The van der Waals surface area contributed by atoms with Crippen molar-refractivity contribution >= 4 is 23.1 Å². The Morgan fingerprint density at radius 2 is 1.26 bits per heavy atom. The highest BCUT2D eigenvalue weighted by Crippen LogP contribution is 2.52. The third-order valence-electron chi connectivity index (χ3n) is 7.18. The maximum atomic E-state index is 6.10. The Morgan fingerprint density at radius 3 is 2.06 bits per heavy atom. The first-order valence-electron chi connectivity index (χ1n) is 11.9. The smallest absolute Gasteiger partial charge is 0.141 e. The molecule has 2 nitrogen and oxygen atoms in total. The predicted octanol–water partition coefficient (Wildman–Crippen LogP) is 9.02. The van der Waals surface area contributed by atoms with Gasteiger partial charge < -0.3 is 10.1 Å². The van der Waals surface area contributed by atoms with Crippen molar-refractivity contribution < 1.29 is 4.74 Å². The Balaban J connectivity index is 1.24. The van der Waals surface area contributed by atoms with Crippen LogP contribution in [0, 0.1) is 0 Å². The van der Waals surface area contributed by atoms with Gasteiger partial charge in [-0.25, -0.2) is 0 Å². The summed E-state index contributed by atoms with van der Waals surface area (Å²) in [6, 6.07) is 40.9. The second-order valence-corrected chi connectivity index (χ2v) is 10.3. The zero-order chi connectivity index (χ0) is 23.4. The third-order valence-corrected chi connectivity index (χ3v) is 8.28. The molecular weight excluding hydrogens is 446 g/mol. The van der Waals surface area contributed by atoms with E-state index in [1.807, 2.05) is 18.2 Å². The lowest BCUT2D eigenvalue weighted by molar-refractivity contribution is 0.454. The molecule has 0 fully saturated rings. The number of benzene rings is 5. The lowest BCUT2D eigenvalue weighted by Crippen LogP contribution is -2.22. The molecule has 0 radical (unpaired) electrons. The summed E-state index contributed by atoms with van der Waals surface area (Å²) < 4.78 is 6.10. The Hall–Kier alpha value is -3.95. The zero-order valence-corrected chi connectivity index (χ0v) is 20.1. The number of anilines is 2. The average Bonchev–Trinajstić information content (AvgIpc) is 3.17. The summed E-state index contributed by atoms with van der Waals surface area (Å²) >= 11 is 1.75. The second-order valence-electron chi connectivity index (χ2n) is 9.23. The molecule has 1 aliphatic carbocycles. The van der Waals surface area contributed by atoms with Gasteiger partial charge in [0.15, 0.2) is 0 Å². The van der Waals surface area contributed by atoms with Crippen LogP contribution in [0.15, 0.2) is 125 Å². The Bertz CT molecular complexity index is 1560. The molecule has 1 heterocycles. The molecule has 2 aliphatic rings. The van der Waals surface area contributed by atoms with Crippen molar-refractivity contribution in [2.24, 2.45) is 0 Å². The molecule has 5 aromatic rings. The fourth-order valence-corrected chi connectivity index (χ4v) is 6.43. The molecule has 0 aromatic heterocycles. The number of hydrogen-bond acceptors (Lipinski definition) is 3. The van der Waals surface area contributed by atoms with Gasteiger partial charge in [-0.3, -0.25) is 0 Å². The number of fused-ring (bicyclic) bond motifs is 5. The van der Waals surface area contributed by atoms with Crippen molar-refractivity contribution in [3.05, 3.63) is 132 Å². The number of ether oxygens (including phenoxy) is 1. The first-order chi connectivity index (χ1) is 17.2. The van der Waals surface area contributed by atoms with Gasteiger partial charge >= 0.3 is 0 Å². The van der Waals surface area contributed by atoms with Crippen molar-refractivity contribution in [2.75, 3.05) is 5.32 Å². The van der Waals surface area contributed by atoms with Crippen LogP contribution in [-0.2, 0) is 5.41 Å². The molecule has 0 amide bonds. The Morgan fingerprint density at radius 1 is 0.600 bits per heavy atom. The van der Waals surface area contributed by atoms with Crippen LogP contribution >= 0.6 is 11.8 Å². The van der Waals surface area contributed by atoms with Gasteiger partial charge in [0.05, 0.1) is 9.79 Å². The van der Waals surface area contributed by atoms with Crippen molar-refractivity contribution in [2.45, 2.75) is 22.1 Å². The first-order valence-corrected chi connectivity index (χ1v) is 12.7. The summed E-state index contributed by atoms with van der Waals surface area (Å²) in [6.45, 7) is 2.35. The van der Waals surface area contributed by atoms with E-state index in [1.165, 1.54) is 27.8 Å². The molecule has 3 heteroatoms. The molecule has 7 rings (SSSR count). The van der Waals surface area contributed by atoms with E-state index < -0.39 is 0 Å². The molecule has 5 aromatic carbocycles. The van der Waals surface area contributed by atoms with Gasteiger partial charge in [-0.15, -0.1) is 0 Å². The van der Waals surface area contributed by atoms with Gasteiger partial charge in [-0.2, -0.15) is 0 Å². The van der Waals surface area contributed by atoms with Crippen molar-refractivity contribution in [3.63, 3.8) is 0 Å². The van der Waals surface area contributed by atoms with E-state index in [0.29, 0.717) is 0 Å². The molecule has 1 aliphatic heterocycles. The summed E-state index contributed by atoms with van der Waals surface area (Å²) in [5.74, 6) is 1.82. The van der Waals surface area contributed by atoms with Crippen LogP contribution in [-0.4, -0.2) is 0 Å². The number of nitrogens with one attached hydrogen (secondary N) is 1. The molecule has 0 saturated heterocycles. The average molecular weight is 470 g/mol. The Labute approximate surface area is 209 Å². The van der Waals surface area contributed by atoms with Crippen molar-refractivity contribution in [1.29, 1.82) is 0 Å². The number of hydrogen-bond donors (Lipinski definition) is 1. The quantitative estimate of drug-likeness (QED) is 0.279. The van der Waals surface area contributed by atoms with Crippen molar-refractivity contribution in [3.8, 4) is 22.6 Å². The minimum atomic E-state index is -0.200. The van der Waals surface area contributed by atoms with Crippen LogP contribution < -0.4 is 10.1 Å². The Kier molecular flexibility index (Phi) is 4.55. The normalized spacial score (nSPS) is 14.2. The maximum absolute atomic E-state index is 6.10. The number of rotatable bonds is 3. The molecule has 0 bridgehead atoms. The fraction of sp³-hybridized carbons (Fsp3) is 0.0625. The summed E-state index contributed by atoms with van der Waals surface area (Å²) in [4.78, 5) is 2.26. The molecule has 35 heavy (non-hydrogen) atoms. The van der Waals surface area contributed by atoms with Gasteiger partial charge in [0, 0.05) is 16.8 Å². The summed E-state index contributed by atoms with van der Waals surface area (Å²) in [5, 5.41) is 3.64. The molecule has 0 unspecified atom stereocenters. The topological polar surface area (TPSA) is 21.3 Å².